The fraction of sp³-hybridized carbons (Fsp3) is 0.800. The molecule has 2 heteroatoms. The highest BCUT2D eigenvalue weighted by atomic mass is 16.6. The Morgan fingerprint density at radius 1 is 1.25 bits per heavy atom. The van der Waals surface area contributed by atoms with Gasteiger partial charge in [-0.2, -0.15) is 0 Å². The van der Waals surface area contributed by atoms with Gasteiger partial charge in [-0.05, 0) is 19.3 Å². The molecular formula is C10H20NO. The van der Waals surface area contributed by atoms with E-state index >= 15 is 0 Å². The van der Waals surface area contributed by atoms with E-state index in [1.165, 1.54) is 25.7 Å². The lowest BCUT2D eigenvalue weighted by Gasteiger charge is -2.01. The average Bonchev–Trinajstić information content (AvgIpc) is 2.10. The molecule has 0 heterocycles. The van der Waals surface area contributed by atoms with Crippen LogP contribution in [-0.2, 0) is 4.84 Å². The summed E-state index contributed by atoms with van der Waals surface area (Å²) >= 11 is 0. The monoisotopic (exact) mass is 170 g/mol. The van der Waals surface area contributed by atoms with Crippen LogP contribution in [0.5, 0.6) is 0 Å². The summed E-state index contributed by atoms with van der Waals surface area (Å²) in [6.07, 6.45) is 7.16. The molecule has 0 spiro atoms. The Bertz CT molecular complexity index is 121. The smallest absolute Gasteiger partial charge is 0.153 e. The Labute approximate surface area is 76.0 Å². The largest absolute Gasteiger partial charge is 0.392 e. The fourth-order valence-electron chi connectivity index (χ4n) is 1.13. The highest BCUT2D eigenvalue weighted by Gasteiger charge is 1.96. The minimum atomic E-state index is 0.974. The molecule has 0 N–H and O–H groups in total. The van der Waals surface area contributed by atoms with Gasteiger partial charge in [-0.15, -0.1) is 0 Å². The minimum Gasteiger partial charge on any atom is -0.392 e. The molecule has 0 fully saturated rings. The summed E-state index contributed by atoms with van der Waals surface area (Å²) < 4.78 is 0. The maximum absolute atomic E-state index is 4.49. The zero-order valence-electron chi connectivity index (χ0n) is 8.31. The molecule has 1 radical (unpaired) electrons. The molecule has 0 amide bonds. The quantitative estimate of drug-likeness (QED) is 0.325. The molecule has 0 aromatic heterocycles. The number of oxime groups is 1. The summed E-state index contributed by atoms with van der Waals surface area (Å²) in [5.41, 5.74) is 1.13. The lowest BCUT2D eigenvalue weighted by molar-refractivity contribution is 0.258. The van der Waals surface area contributed by atoms with Crippen molar-refractivity contribution in [3.05, 3.63) is 7.11 Å². The molecule has 0 saturated carbocycles. The van der Waals surface area contributed by atoms with E-state index < -0.39 is 0 Å². The van der Waals surface area contributed by atoms with Crippen molar-refractivity contribution in [3.8, 4) is 0 Å². The predicted octanol–water partition coefficient (Wildman–Crippen LogP) is 3.53. The van der Waals surface area contributed by atoms with Gasteiger partial charge in [0.2, 0.25) is 0 Å². The van der Waals surface area contributed by atoms with Crippen LogP contribution in [0.15, 0.2) is 5.16 Å². The minimum absolute atomic E-state index is 0.974. The first-order valence-corrected chi connectivity index (χ1v) is 4.82. The third-order valence-corrected chi connectivity index (χ3v) is 1.92. The molecule has 0 bridgehead atoms. The Kier molecular flexibility index (Phi) is 8.19. The van der Waals surface area contributed by atoms with Gasteiger partial charge in [0, 0.05) is 0 Å². The van der Waals surface area contributed by atoms with Gasteiger partial charge in [-0.1, -0.05) is 38.3 Å². The number of hydrogen-bond acceptors (Lipinski definition) is 2. The van der Waals surface area contributed by atoms with Crippen LogP contribution >= 0.6 is 0 Å². The average molecular weight is 170 g/mol. The van der Waals surface area contributed by atoms with Crippen LogP contribution in [0.3, 0.4) is 0 Å². The maximum atomic E-state index is 4.49. The molecule has 0 unspecified atom stereocenters. The van der Waals surface area contributed by atoms with Crippen LogP contribution in [0.25, 0.3) is 0 Å². The summed E-state index contributed by atoms with van der Waals surface area (Å²) in [5.74, 6) is 0. The van der Waals surface area contributed by atoms with Crippen molar-refractivity contribution in [1.29, 1.82) is 0 Å². The van der Waals surface area contributed by atoms with Crippen molar-refractivity contribution in [2.24, 2.45) is 5.16 Å². The van der Waals surface area contributed by atoms with Crippen molar-refractivity contribution in [2.75, 3.05) is 0 Å². The first-order valence-electron chi connectivity index (χ1n) is 4.82. The molecule has 12 heavy (non-hydrogen) atoms. The lowest BCUT2D eigenvalue weighted by atomic mass is 10.1. The number of rotatable bonds is 7. The zero-order valence-corrected chi connectivity index (χ0v) is 8.31. The summed E-state index contributed by atoms with van der Waals surface area (Å²) in [6, 6.07) is 0. The van der Waals surface area contributed by atoms with Crippen LogP contribution in [0.2, 0.25) is 0 Å². The van der Waals surface area contributed by atoms with Gasteiger partial charge >= 0.3 is 0 Å². The van der Waals surface area contributed by atoms with Gasteiger partial charge in [-0.3, -0.25) is 0 Å². The van der Waals surface area contributed by atoms with Crippen molar-refractivity contribution in [2.45, 2.75) is 52.4 Å². The second-order valence-electron chi connectivity index (χ2n) is 2.95. The Morgan fingerprint density at radius 3 is 2.50 bits per heavy atom. The van der Waals surface area contributed by atoms with Crippen LogP contribution in [-0.4, -0.2) is 5.71 Å². The molecule has 0 atom stereocenters. The molecule has 0 aromatic carbocycles. The molecule has 71 valence electrons. The standard InChI is InChI=1S/C10H20NO/c1-4-6-7-8-9-10(5-2)11-12-3/h3-9H2,1-2H3/b11-10+. The van der Waals surface area contributed by atoms with Crippen molar-refractivity contribution >= 4 is 5.71 Å². The van der Waals surface area contributed by atoms with Crippen molar-refractivity contribution in [1.82, 2.24) is 0 Å². The highest BCUT2D eigenvalue weighted by Crippen LogP contribution is 2.05. The number of hydrogen-bond donors (Lipinski definition) is 0. The first-order chi connectivity index (χ1) is 5.85. The van der Waals surface area contributed by atoms with E-state index in [2.05, 4.69) is 31.0 Å². The molecule has 0 saturated heterocycles. The second-order valence-corrected chi connectivity index (χ2v) is 2.95. The lowest BCUT2D eigenvalue weighted by Crippen LogP contribution is -1.96. The van der Waals surface area contributed by atoms with E-state index in [9.17, 15) is 0 Å². The van der Waals surface area contributed by atoms with E-state index in [1.54, 1.807) is 0 Å². The number of nitrogens with zero attached hydrogens (tertiary/aromatic N) is 1. The summed E-state index contributed by atoms with van der Waals surface area (Å²) in [6.45, 7) is 4.31. The summed E-state index contributed by atoms with van der Waals surface area (Å²) in [7, 11) is 3.23. The molecule has 2 nitrogen and oxygen atoms in total. The molecule has 0 aliphatic carbocycles. The van der Waals surface area contributed by atoms with E-state index in [1.807, 2.05) is 0 Å². The van der Waals surface area contributed by atoms with Crippen LogP contribution in [0.1, 0.15) is 52.4 Å². The highest BCUT2D eigenvalue weighted by molar-refractivity contribution is 5.83. The second kappa shape index (κ2) is 8.57. The molecule has 0 aromatic rings. The van der Waals surface area contributed by atoms with Crippen molar-refractivity contribution in [3.63, 3.8) is 0 Å². The number of unbranched alkanes of at least 4 members (excludes halogenated alkanes) is 3. The third-order valence-electron chi connectivity index (χ3n) is 1.92. The summed E-state index contributed by atoms with van der Waals surface area (Å²) in [4.78, 5) is 4.49. The fourth-order valence-corrected chi connectivity index (χ4v) is 1.13. The first kappa shape index (κ1) is 11.5. The van der Waals surface area contributed by atoms with E-state index in [0.717, 1.165) is 18.6 Å². The van der Waals surface area contributed by atoms with Crippen LogP contribution in [0.4, 0.5) is 0 Å². The van der Waals surface area contributed by atoms with Gasteiger partial charge in [0.05, 0.1) is 5.71 Å². The van der Waals surface area contributed by atoms with Crippen LogP contribution in [0, 0.1) is 7.11 Å². The van der Waals surface area contributed by atoms with Crippen LogP contribution < -0.4 is 0 Å². The van der Waals surface area contributed by atoms with Gasteiger partial charge in [0.1, 0.15) is 0 Å². The maximum Gasteiger partial charge on any atom is 0.153 e. The zero-order chi connectivity index (χ0) is 9.23. The SMILES string of the molecule is [CH2]O/N=C(\CC)CCCCCC. The van der Waals surface area contributed by atoms with Crippen molar-refractivity contribution < 1.29 is 4.84 Å². The Balaban J connectivity index is 3.38. The molecular weight excluding hydrogens is 150 g/mol. The van der Waals surface area contributed by atoms with Gasteiger partial charge < -0.3 is 4.84 Å². The predicted molar refractivity (Wildman–Crippen MR) is 52.9 cm³/mol. The normalized spacial score (nSPS) is 11.8. The Hall–Kier alpha value is -0.530. The molecule has 0 rings (SSSR count). The Morgan fingerprint density at radius 2 is 2.00 bits per heavy atom. The topological polar surface area (TPSA) is 21.6 Å². The molecule has 0 aliphatic rings. The van der Waals surface area contributed by atoms with Gasteiger partial charge in [0.15, 0.2) is 7.11 Å². The molecule has 0 aliphatic heterocycles. The third kappa shape index (κ3) is 6.20. The van der Waals surface area contributed by atoms with E-state index in [0.29, 0.717) is 0 Å². The van der Waals surface area contributed by atoms with Gasteiger partial charge in [-0.25, -0.2) is 0 Å². The van der Waals surface area contributed by atoms with E-state index in [-0.39, 0.29) is 0 Å². The van der Waals surface area contributed by atoms with Gasteiger partial charge in [0.25, 0.3) is 0 Å². The van der Waals surface area contributed by atoms with E-state index in [4.69, 9.17) is 0 Å². The summed E-state index contributed by atoms with van der Waals surface area (Å²) in [5, 5.41) is 3.85.